The van der Waals surface area contributed by atoms with Crippen LogP contribution in [0.4, 0.5) is 10.8 Å². The lowest BCUT2D eigenvalue weighted by Gasteiger charge is -2.23. The van der Waals surface area contributed by atoms with Crippen molar-refractivity contribution in [3.63, 3.8) is 0 Å². The van der Waals surface area contributed by atoms with E-state index in [1.807, 2.05) is 12.1 Å². The lowest BCUT2D eigenvalue weighted by Crippen LogP contribution is -2.26. The molecule has 21 heavy (non-hydrogen) atoms. The van der Waals surface area contributed by atoms with Crippen LogP contribution in [0.25, 0.3) is 11.1 Å². The van der Waals surface area contributed by atoms with Crippen molar-refractivity contribution in [3.8, 4) is 11.1 Å². The van der Waals surface area contributed by atoms with E-state index in [2.05, 4.69) is 40.2 Å². The molecule has 114 valence electrons. The van der Waals surface area contributed by atoms with Gasteiger partial charge in [-0.1, -0.05) is 0 Å². The minimum atomic E-state index is 0.604. The van der Waals surface area contributed by atoms with Crippen molar-refractivity contribution in [2.45, 2.75) is 13.3 Å². The molecule has 0 aliphatic carbocycles. The number of anilines is 2. The van der Waals surface area contributed by atoms with Crippen molar-refractivity contribution in [2.75, 3.05) is 44.4 Å². The molecule has 0 amide bonds. The van der Waals surface area contributed by atoms with Crippen molar-refractivity contribution in [3.05, 3.63) is 24.5 Å². The van der Waals surface area contributed by atoms with E-state index in [9.17, 15) is 0 Å². The number of aromatic nitrogens is 2. The van der Waals surface area contributed by atoms with Gasteiger partial charge in [-0.2, -0.15) is 4.37 Å². The molecule has 0 spiro atoms. The van der Waals surface area contributed by atoms with Gasteiger partial charge in [0, 0.05) is 25.5 Å². The van der Waals surface area contributed by atoms with Crippen LogP contribution in [0, 0.1) is 0 Å². The Balaban J connectivity index is 2.22. The minimum absolute atomic E-state index is 0.604. The number of nitrogen functional groups attached to an aromatic ring is 1. The summed E-state index contributed by atoms with van der Waals surface area (Å²) in [6.07, 6.45) is 4.70. The first-order valence-corrected chi connectivity index (χ1v) is 7.96. The van der Waals surface area contributed by atoms with E-state index in [1.54, 1.807) is 12.4 Å². The second-order valence-electron chi connectivity index (χ2n) is 5.22. The van der Waals surface area contributed by atoms with Crippen LogP contribution in [0.15, 0.2) is 24.5 Å². The highest BCUT2D eigenvalue weighted by atomic mass is 32.1. The normalized spacial score (nSPS) is 11.0. The molecule has 6 heteroatoms. The van der Waals surface area contributed by atoms with Crippen molar-refractivity contribution in [1.82, 2.24) is 14.3 Å². The summed E-state index contributed by atoms with van der Waals surface area (Å²) in [6, 6.07) is 3.97. The quantitative estimate of drug-likeness (QED) is 0.852. The van der Waals surface area contributed by atoms with Gasteiger partial charge in [0.15, 0.2) is 0 Å². The fourth-order valence-corrected chi connectivity index (χ4v) is 3.21. The zero-order valence-corrected chi connectivity index (χ0v) is 13.7. The van der Waals surface area contributed by atoms with Crippen LogP contribution in [0.2, 0.25) is 0 Å². The van der Waals surface area contributed by atoms with E-state index in [0.29, 0.717) is 5.82 Å². The molecule has 2 aromatic heterocycles. The summed E-state index contributed by atoms with van der Waals surface area (Å²) in [7, 11) is 4.20. The van der Waals surface area contributed by atoms with Crippen LogP contribution in [-0.4, -0.2) is 48.0 Å². The third-order valence-corrected chi connectivity index (χ3v) is 4.29. The minimum Gasteiger partial charge on any atom is -0.382 e. The van der Waals surface area contributed by atoms with Gasteiger partial charge in [0.25, 0.3) is 0 Å². The van der Waals surface area contributed by atoms with E-state index >= 15 is 0 Å². The number of hydrogen-bond acceptors (Lipinski definition) is 6. The first kappa shape index (κ1) is 15.7. The summed E-state index contributed by atoms with van der Waals surface area (Å²) >= 11 is 1.48. The third-order valence-electron chi connectivity index (χ3n) is 3.37. The summed E-state index contributed by atoms with van der Waals surface area (Å²) in [5.41, 5.74) is 8.20. The SMILES string of the molecule is CCN(CCCN(C)C)c1snc(N)c1-c1ccncc1. The predicted octanol–water partition coefficient (Wildman–Crippen LogP) is 2.57. The number of pyridine rings is 1. The lowest BCUT2D eigenvalue weighted by molar-refractivity contribution is 0.401. The van der Waals surface area contributed by atoms with Gasteiger partial charge >= 0.3 is 0 Å². The van der Waals surface area contributed by atoms with E-state index in [1.165, 1.54) is 11.5 Å². The Labute approximate surface area is 130 Å². The van der Waals surface area contributed by atoms with Gasteiger partial charge in [0.2, 0.25) is 0 Å². The molecule has 0 aliphatic rings. The zero-order valence-electron chi connectivity index (χ0n) is 12.9. The topological polar surface area (TPSA) is 58.3 Å². The molecule has 2 rings (SSSR count). The van der Waals surface area contributed by atoms with Gasteiger partial charge in [-0.05, 0) is 63.2 Å². The van der Waals surface area contributed by atoms with E-state index in [4.69, 9.17) is 5.73 Å². The second kappa shape index (κ2) is 7.38. The number of hydrogen-bond donors (Lipinski definition) is 1. The second-order valence-corrected chi connectivity index (χ2v) is 5.97. The van der Waals surface area contributed by atoms with Gasteiger partial charge in [0.05, 0.1) is 5.56 Å². The van der Waals surface area contributed by atoms with Crippen LogP contribution >= 0.6 is 11.5 Å². The standard InChI is InChI=1S/C15H23N5S/c1-4-20(11-5-10-19(2)3)15-13(14(16)18-21-15)12-6-8-17-9-7-12/h6-9H,4-5,10-11H2,1-3H3,(H2,16,18). The molecule has 2 aromatic rings. The molecule has 5 nitrogen and oxygen atoms in total. The zero-order chi connectivity index (χ0) is 15.2. The van der Waals surface area contributed by atoms with Crippen molar-refractivity contribution < 1.29 is 0 Å². The van der Waals surface area contributed by atoms with Crippen LogP contribution < -0.4 is 10.6 Å². The first-order valence-electron chi connectivity index (χ1n) is 7.18. The van der Waals surface area contributed by atoms with Gasteiger partial charge in [0.1, 0.15) is 10.8 Å². The van der Waals surface area contributed by atoms with E-state index in [-0.39, 0.29) is 0 Å². The highest BCUT2D eigenvalue weighted by molar-refractivity contribution is 7.11. The fraction of sp³-hybridized carbons (Fsp3) is 0.467. The van der Waals surface area contributed by atoms with Gasteiger partial charge in [-0.15, -0.1) is 0 Å². The Kier molecular flexibility index (Phi) is 5.52. The summed E-state index contributed by atoms with van der Waals surface area (Å²) in [6.45, 7) is 5.21. The number of nitrogens with two attached hydrogens (primary N) is 1. The molecular weight excluding hydrogens is 282 g/mol. The average Bonchev–Trinajstić information content (AvgIpc) is 2.86. The first-order chi connectivity index (χ1) is 10.1. The summed E-state index contributed by atoms with van der Waals surface area (Å²) < 4.78 is 4.35. The molecule has 0 radical (unpaired) electrons. The highest BCUT2D eigenvalue weighted by Crippen LogP contribution is 2.38. The molecule has 0 bridgehead atoms. The van der Waals surface area contributed by atoms with E-state index in [0.717, 1.165) is 42.2 Å². The Morgan fingerprint density at radius 1 is 1.19 bits per heavy atom. The molecule has 0 saturated heterocycles. The van der Waals surface area contributed by atoms with Gasteiger partial charge < -0.3 is 15.5 Å². The van der Waals surface area contributed by atoms with Crippen molar-refractivity contribution in [1.29, 1.82) is 0 Å². The van der Waals surface area contributed by atoms with Gasteiger partial charge in [-0.3, -0.25) is 4.98 Å². The Morgan fingerprint density at radius 3 is 2.52 bits per heavy atom. The lowest BCUT2D eigenvalue weighted by atomic mass is 10.1. The molecule has 0 atom stereocenters. The van der Waals surface area contributed by atoms with Gasteiger partial charge in [-0.25, -0.2) is 0 Å². The van der Waals surface area contributed by atoms with Crippen molar-refractivity contribution >= 4 is 22.4 Å². The Hall–Kier alpha value is -1.66. The maximum Gasteiger partial charge on any atom is 0.147 e. The third kappa shape index (κ3) is 3.92. The monoisotopic (exact) mass is 305 g/mol. The molecule has 0 unspecified atom stereocenters. The molecule has 2 heterocycles. The maximum absolute atomic E-state index is 6.09. The summed E-state index contributed by atoms with van der Waals surface area (Å²) in [5.74, 6) is 0.604. The molecule has 2 N–H and O–H groups in total. The predicted molar refractivity (Wildman–Crippen MR) is 90.8 cm³/mol. The molecule has 0 saturated carbocycles. The molecular formula is C15H23N5S. The number of rotatable bonds is 7. The summed E-state index contributed by atoms with van der Waals surface area (Å²) in [4.78, 5) is 8.63. The average molecular weight is 305 g/mol. The maximum atomic E-state index is 6.09. The number of nitrogens with zero attached hydrogens (tertiary/aromatic N) is 4. The van der Waals surface area contributed by atoms with Crippen LogP contribution in [0.1, 0.15) is 13.3 Å². The summed E-state index contributed by atoms with van der Waals surface area (Å²) in [5, 5.41) is 1.15. The Morgan fingerprint density at radius 2 is 1.90 bits per heavy atom. The van der Waals surface area contributed by atoms with Crippen molar-refractivity contribution in [2.24, 2.45) is 0 Å². The Bertz CT molecular complexity index is 552. The largest absolute Gasteiger partial charge is 0.382 e. The van der Waals surface area contributed by atoms with Crippen LogP contribution in [0.5, 0.6) is 0 Å². The molecule has 0 aromatic carbocycles. The van der Waals surface area contributed by atoms with E-state index < -0.39 is 0 Å². The molecule has 0 aliphatic heterocycles. The smallest absolute Gasteiger partial charge is 0.147 e. The van der Waals surface area contributed by atoms with Crippen LogP contribution in [0.3, 0.4) is 0 Å². The highest BCUT2D eigenvalue weighted by Gasteiger charge is 2.18. The van der Waals surface area contributed by atoms with Crippen LogP contribution in [-0.2, 0) is 0 Å². The fourth-order valence-electron chi connectivity index (χ4n) is 2.28. The molecule has 0 fully saturated rings.